The molecule has 0 bridgehead atoms. The fourth-order valence-corrected chi connectivity index (χ4v) is 3.11. The van der Waals surface area contributed by atoms with E-state index >= 15 is 0 Å². The molecule has 4 heteroatoms. The highest BCUT2D eigenvalue weighted by Crippen LogP contribution is 2.38. The summed E-state index contributed by atoms with van der Waals surface area (Å²) in [4.78, 5) is 8.93. The Morgan fingerprint density at radius 3 is 2.74 bits per heavy atom. The Labute approximate surface area is 113 Å². The largest absolute Gasteiger partial charge is 0.439 e. The normalized spacial score (nSPS) is 18.8. The van der Waals surface area contributed by atoms with Crippen LogP contribution in [-0.2, 0) is 6.42 Å². The van der Waals surface area contributed by atoms with Crippen LogP contribution < -0.4 is 5.73 Å². The van der Waals surface area contributed by atoms with E-state index in [4.69, 9.17) is 10.2 Å². The van der Waals surface area contributed by atoms with Crippen LogP contribution in [0.2, 0.25) is 0 Å². The number of aromatic nitrogens is 2. The zero-order valence-corrected chi connectivity index (χ0v) is 11.5. The number of pyridine rings is 1. The molecule has 0 unspecified atom stereocenters. The van der Waals surface area contributed by atoms with Gasteiger partial charge in [-0.25, -0.2) is 4.98 Å². The molecule has 102 valence electrons. The summed E-state index contributed by atoms with van der Waals surface area (Å²) >= 11 is 0. The summed E-state index contributed by atoms with van der Waals surface area (Å²) in [5, 5.41) is 0. The summed E-state index contributed by atoms with van der Waals surface area (Å²) in [6.07, 6.45) is 7.10. The lowest BCUT2D eigenvalue weighted by Crippen LogP contribution is -2.35. The van der Waals surface area contributed by atoms with Gasteiger partial charge in [-0.3, -0.25) is 0 Å². The summed E-state index contributed by atoms with van der Waals surface area (Å²) in [7, 11) is 0. The van der Waals surface area contributed by atoms with Gasteiger partial charge in [0.25, 0.3) is 0 Å². The number of nitrogens with zero attached hydrogens (tertiary/aromatic N) is 2. The molecule has 0 spiro atoms. The van der Waals surface area contributed by atoms with E-state index in [1.165, 1.54) is 32.1 Å². The third-order valence-electron chi connectivity index (χ3n) is 4.31. The van der Waals surface area contributed by atoms with Crippen molar-refractivity contribution in [2.75, 3.05) is 6.54 Å². The van der Waals surface area contributed by atoms with Crippen molar-refractivity contribution in [3.8, 4) is 0 Å². The predicted octanol–water partition coefficient (Wildman–Crippen LogP) is 2.98. The van der Waals surface area contributed by atoms with Crippen LogP contribution in [-0.4, -0.2) is 16.5 Å². The number of oxazole rings is 1. The van der Waals surface area contributed by atoms with Crippen molar-refractivity contribution in [3.05, 3.63) is 23.7 Å². The van der Waals surface area contributed by atoms with Crippen molar-refractivity contribution in [3.63, 3.8) is 0 Å². The zero-order valence-electron chi connectivity index (χ0n) is 11.5. The molecule has 19 heavy (non-hydrogen) atoms. The van der Waals surface area contributed by atoms with Crippen molar-refractivity contribution in [1.82, 2.24) is 9.97 Å². The number of fused-ring (bicyclic) bond motifs is 1. The third-order valence-corrected chi connectivity index (χ3v) is 4.31. The van der Waals surface area contributed by atoms with Gasteiger partial charge in [0.1, 0.15) is 0 Å². The number of hydrogen-bond acceptors (Lipinski definition) is 4. The summed E-state index contributed by atoms with van der Waals surface area (Å²) in [5.74, 6) is 0.792. The molecule has 2 aromatic heterocycles. The number of rotatable bonds is 3. The maximum absolute atomic E-state index is 6.02. The topological polar surface area (TPSA) is 64.9 Å². The van der Waals surface area contributed by atoms with E-state index in [0.29, 0.717) is 0 Å². The molecular weight excluding hydrogens is 238 g/mol. The highest BCUT2D eigenvalue weighted by Gasteiger charge is 2.32. The van der Waals surface area contributed by atoms with Crippen LogP contribution in [0.25, 0.3) is 11.2 Å². The molecule has 2 N–H and O–H groups in total. The summed E-state index contributed by atoms with van der Waals surface area (Å²) in [6.45, 7) is 2.69. The van der Waals surface area contributed by atoms with Crippen molar-refractivity contribution >= 4 is 11.2 Å². The molecule has 1 aliphatic carbocycles. The van der Waals surface area contributed by atoms with Crippen LogP contribution in [0.15, 0.2) is 16.5 Å². The number of nitrogens with two attached hydrogens (primary N) is 1. The molecule has 1 aliphatic rings. The Balaban J connectivity index is 1.87. The minimum atomic E-state index is 0.189. The van der Waals surface area contributed by atoms with Crippen LogP contribution in [0.3, 0.4) is 0 Å². The highest BCUT2D eigenvalue weighted by atomic mass is 16.3. The van der Waals surface area contributed by atoms with E-state index in [0.717, 1.165) is 35.8 Å². The first kappa shape index (κ1) is 12.6. The lowest BCUT2D eigenvalue weighted by molar-refractivity contribution is 0.184. The average molecular weight is 259 g/mol. The smallest absolute Gasteiger partial charge is 0.199 e. The van der Waals surface area contributed by atoms with Gasteiger partial charge in [0.2, 0.25) is 0 Å². The van der Waals surface area contributed by atoms with Gasteiger partial charge < -0.3 is 10.2 Å². The second-order valence-corrected chi connectivity index (χ2v) is 5.82. The fraction of sp³-hybridized carbons (Fsp3) is 0.600. The maximum atomic E-state index is 6.02. The van der Waals surface area contributed by atoms with Crippen molar-refractivity contribution < 1.29 is 4.42 Å². The third kappa shape index (κ3) is 2.50. The molecule has 4 nitrogen and oxygen atoms in total. The van der Waals surface area contributed by atoms with E-state index in [1.807, 2.05) is 19.1 Å². The number of aryl methyl sites for hydroxylation is 1. The number of hydrogen-bond donors (Lipinski definition) is 1. The standard InChI is InChI=1S/C15H21N3O/c1-11-5-6-12-14(17-11)18-13(19-12)9-15(10-16)7-3-2-4-8-15/h5-6H,2-4,7-10,16H2,1H3. The van der Waals surface area contributed by atoms with Crippen molar-refractivity contribution in [2.45, 2.75) is 45.4 Å². The minimum absolute atomic E-state index is 0.189. The average Bonchev–Trinajstić information content (AvgIpc) is 2.81. The molecule has 2 heterocycles. The van der Waals surface area contributed by atoms with Crippen LogP contribution in [0, 0.1) is 12.3 Å². The van der Waals surface area contributed by atoms with Gasteiger partial charge in [-0.1, -0.05) is 19.3 Å². The van der Waals surface area contributed by atoms with E-state index in [2.05, 4.69) is 9.97 Å². The Morgan fingerprint density at radius 2 is 2.00 bits per heavy atom. The van der Waals surface area contributed by atoms with Gasteiger partial charge in [0.05, 0.1) is 0 Å². The Hall–Kier alpha value is -1.42. The predicted molar refractivity (Wildman–Crippen MR) is 74.8 cm³/mol. The molecule has 0 radical (unpaired) electrons. The van der Waals surface area contributed by atoms with E-state index in [1.54, 1.807) is 0 Å². The molecule has 2 aromatic rings. The van der Waals surface area contributed by atoms with Gasteiger partial charge in [-0.05, 0) is 43.9 Å². The lowest BCUT2D eigenvalue weighted by atomic mass is 9.72. The first-order valence-electron chi connectivity index (χ1n) is 7.14. The highest BCUT2D eigenvalue weighted by molar-refractivity contribution is 5.67. The first-order chi connectivity index (χ1) is 9.21. The molecule has 0 amide bonds. The molecule has 1 saturated carbocycles. The zero-order chi connectivity index (χ0) is 13.3. The summed E-state index contributed by atoms with van der Waals surface area (Å²) in [6, 6.07) is 3.90. The van der Waals surface area contributed by atoms with Crippen LogP contribution in [0.1, 0.15) is 43.7 Å². The van der Waals surface area contributed by atoms with Crippen LogP contribution in [0.5, 0.6) is 0 Å². The fourth-order valence-electron chi connectivity index (χ4n) is 3.11. The van der Waals surface area contributed by atoms with E-state index in [9.17, 15) is 0 Å². The molecule has 0 aliphatic heterocycles. The van der Waals surface area contributed by atoms with Crippen molar-refractivity contribution in [2.24, 2.45) is 11.1 Å². The van der Waals surface area contributed by atoms with Crippen molar-refractivity contribution in [1.29, 1.82) is 0 Å². The first-order valence-corrected chi connectivity index (χ1v) is 7.14. The molecule has 0 saturated heterocycles. The minimum Gasteiger partial charge on any atom is -0.439 e. The quantitative estimate of drug-likeness (QED) is 0.920. The van der Waals surface area contributed by atoms with Gasteiger partial charge in [0.15, 0.2) is 17.1 Å². The Bertz CT molecular complexity index is 570. The molecule has 0 aromatic carbocycles. The molecular formula is C15H21N3O. The van der Waals surface area contributed by atoms with E-state index in [-0.39, 0.29) is 5.41 Å². The Kier molecular flexibility index (Phi) is 3.27. The lowest BCUT2D eigenvalue weighted by Gasteiger charge is -2.35. The molecule has 1 fully saturated rings. The molecule has 0 atom stereocenters. The summed E-state index contributed by atoms with van der Waals surface area (Å²) < 4.78 is 5.82. The second kappa shape index (κ2) is 4.93. The van der Waals surface area contributed by atoms with Gasteiger partial charge in [-0.2, -0.15) is 4.98 Å². The van der Waals surface area contributed by atoms with Gasteiger partial charge >= 0.3 is 0 Å². The Morgan fingerprint density at radius 1 is 1.21 bits per heavy atom. The van der Waals surface area contributed by atoms with E-state index < -0.39 is 0 Å². The SMILES string of the molecule is Cc1ccc2oc(CC3(CN)CCCCC3)nc2n1. The van der Waals surface area contributed by atoms with Gasteiger partial charge in [0, 0.05) is 12.1 Å². The van der Waals surface area contributed by atoms with Crippen LogP contribution in [0.4, 0.5) is 0 Å². The van der Waals surface area contributed by atoms with Crippen LogP contribution >= 0.6 is 0 Å². The molecule has 3 rings (SSSR count). The maximum Gasteiger partial charge on any atom is 0.199 e. The summed E-state index contributed by atoms with van der Waals surface area (Å²) in [5.41, 5.74) is 8.68. The monoisotopic (exact) mass is 259 g/mol. The second-order valence-electron chi connectivity index (χ2n) is 5.82. The van der Waals surface area contributed by atoms with Gasteiger partial charge in [-0.15, -0.1) is 0 Å².